The first-order valence-electron chi connectivity index (χ1n) is 9.26. The molecule has 0 radical (unpaired) electrons. The second-order valence-electron chi connectivity index (χ2n) is 7.31. The first kappa shape index (κ1) is 17.6. The SMILES string of the molecule is NCc1ccc2cn(-c3nc4c(cc3F)c(=O)c(C(=O)O)cn4C3CC3)cc2c1. The van der Waals surface area contributed by atoms with E-state index in [0.29, 0.717) is 12.2 Å². The number of carboxylic acids is 1. The number of aromatic nitrogens is 3. The predicted molar refractivity (Wildman–Crippen MR) is 106 cm³/mol. The molecule has 1 aliphatic rings. The molecular formula is C21H17FN4O3. The maximum absolute atomic E-state index is 14.9. The number of nitrogens with two attached hydrogens (primary N) is 1. The highest BCUT2D eigenvalue weighted by Gasteiger charge is 2.28. The third-order valence-corrected chi connectivity index (χ3v) is 5.30. The van der Waals surface area contributed by atoms with E-state index in [0.717, 1.165) is 35.2 Å². The molecule has 29 heavy (non-hydrogen) atoms. The van der Waals surface area contributed by atoms with Gasteiger partial charge in [0.15, 0.2) is 11.6 Å². The monoisotopic (exact) mass is 392 g/mol. The van der Waals surface area contributed by atoms with Gasteiger partial charge in [-0.3, -0.25) is 4.79 Å². The van der Waals surface area contributed by atoms with Gasteiger partial charge in [0.25, 0.3) is 0 Å². The first-order chi connectivity index (χ1) is 14.0. The summed E-state index contributed by atoms with van der Waals surface area (Å²) in [7, 11) is 0. The number of rotatable bonds is 4. The van der Waals surface area contributed by atoms with Crippen LogP contribution in [-0.4, -0.2) is 25.2 Å². The standard InChI is InChI=1S/C21H17FN4O3/c22-17-6-15-18(27)16(21(28)29)10-26(14-3-4-14)19(15)24-20(17)25-8-12-2-1-11(7-23)5-13(12)9-25/h1-2,5-6,8-10,14H,3-4,7,23H2,(H,28,29). The fourth-order valence-electron chi connectivity index (χ4n) is 3.64. The summed E-state index contributed by atoms with van der Waals surface area (Å²) in [6, 6.07) is 6.91. The van der Waals surface area contributed by atoms with E-state index in [-0.39, 0.29) is 22.8 Å². The molecule has 1 saturated carbocycles. The van der Waals surface area contributed by atoms with Crippen LogP contribution in [0.15, 0.2) is 47.7 Å². The minimum absolute atomic E-state index is 0.0276. The molecule has 0 bridgehead atoms. The highest BCUT2D eigenvalue weighted by molar-refractivity contribution is 5.92. The van der Waals surface area contributed by atoms with Crippen LogP contribution in [0.2, 0.25) is 0 Å². The normalized spacial score (nSPS) is 14.0. The number of nitrogens with zero attached hydrogens (tertiary/aromatic N) is 3. The van der Waals surface area contributed by atoms with Gasteiger partial charge in [0.1, 0.15) is 11.2 Å². The van der Waals surface area contributed by atoms with Gasteiger partial charge in [-0.25, -0.2) is 14.2 Å². The molecule has 3 aromatic heterocycles. The van der Waals surface area contributed by atoms with Gasteiger partial charge >= 0.3 is 5.97 Å². The van der Waals surface area contributed by atoms with Crippen molar-refractivity contribution in [2.45, 2.75) is 25.4 Å². The first-order valence-corrected chi connectivity index (χ1v) is 9.26. The molecule has 8 heteroatoms. The van der Waals surface area contributed by atoms with E-state index >= 15 is 0 Å². The highest BCUT2D eigenvalue weighted by atomic mass is 19.1. The number of hydrogen-bond donors (Lipinski definition) is 2. The summed E-state index contributed by atoms with van der Waals surface area (Å²) in [4.78, 5) is 28.4. The molecule has 0 aliphatic heterocycles. The smallest absolute Gasteiger partial charge is 0.341 e. The molecule has 3 N–H and O–H groups in total. The lowest BCUT2D eigenvalue weighted by atomic mass is 10.1. The predicted octanol–water partition coefficient (Wildman–Crippen LogP) is 2.97. The van der Waals surface area contributed by atoms with Gasteiger partial charge in [-0.05, 0) is 35.9 Å². The molecule has 3 heterocycles. The molecule has 1 fully saturated rings. The zero-order chi connectivity index (χ0) is 20.3. The Morgan fingerprint density at radius 2 is 1.97 bits per heavy atom. The van der Waals surface area contributed by atoms with Crippen LogP contribution in [0, 0.1) is 5.82 Å². The van der Waals surface area contributed by atoms with Gasteiger partial charge in [0.05, 0.1) is 5.39 Å². The molecule has 0 amide bonds. The van der Waals surface area contributed by atoms with Crippen LogP contribution in [0.3, 0.4) is 0 Å². The van der Waals surface area contributed by atoms with Crippen molar-refractivity contribution in [1.29, 1.82) is 0 Å². The Labute approximate surface area is 163 Å². The summed E-state index contributed by atoms with van der Waals surface area (Å²) in [6.07, 6.45) is 6.56. The maximum atomic E-state index is 14.9. The Morgan fingerprint density at radius 1 is 1.21 bits per heavy atom. The van der Waals surface area contributed by atoms with Crippen molar-refractivity contribution in [2.75, 3.05) is 0 Å². The molecule has 1 aromatic carbocycles. The van der Waals surface area contributed by atoms with Gasteiger partial charge in [0, 0.05) is 36.6 Å². The Morgan fingerprint density at radius 3 is 2.66 bits per heavy atom. The van der Waals surface area contributed by atoms with Crippen LogP contribution in [0.1, 0.15) is 34.8 Å². The summed E-state index contributed by atoms with van der Waals surface area (Å²) in [6.45, 7) is 0.406. The largest absolute Gasteiger partial charge is 0.477 e. The molecule has 146 valence electrons. The number of carbonyl (C=O) groups is 1. The Hall–Kier alpha value is -3.52. The van der Waals surface area contributed by atoms with Crippen LogP contribution in [-0.2, 0) is 6.54 Å². The molecule has 0 spiro atoms. The average Bonchev–Trinajstić information content (AvgIpc) is 3.46. The van der Waals surface area contributed by atoms with Crippen LogP contribution in [0.4, 0.5) is 4.39 Å². The van der Waals surface area contributed by atoms with Gasteiger partial charge in [-0.15, -0.1) is 0 Å². The molecule has 1 aliphatic carbocycles. The average molecular weight is 392 g/mol. The van der Waals surface area contributed by atoms with E-state index in [2.05, 4.69) is 4.98 Å². The lowest BCUT2D eigenvalue weighted by Crippen LogP contribution is -2.20. The van der Waals surface area contributed by atoms with E-state index in [1.54, 1.807) is 21.5 Å². The number of pyridine rings is 2. The summed E-state index contributed by atoms with van der Waals surface area (Å²) in [5, 5.41) is 11.1. The molecule has 0 atom stereocenters. The van der Waals surface area contributed by atoms with Crippen molar-refractivity contribution in [1.82, 2.24) is 14.1 Å². The van der Waals surface area contributed by atoms with Crippen molar-refractivity contribution in [3.05, 3.63) is 70.0 Å². The third kappa shape index (κ3) is 2.80. The number of carboxylic acid groups (broad SMARTS) is 1. The molecule has 4 aromatic rings. The summed E-state index contributed by atoms with van der Waals surface area (Å²) < 4.78 is 18.2. The van der Waals surface area contributed by atoms with Crippen molar-refractivity contribution < 1.29 is 14.3 Å². The number of fused-ring (bicyclic) bond motifs is 2. The van der Waals surface area contributed by atoms with E-state index in [1.807, 2.05) is 18.2 Å². The van der Waals surface area contributed by atoms with Crippen molar-refractivity contribution in [3.8, 4) is 5.82 Å². The second kappa shape index (κ2) is 6.25. The number of benzene rings is 1. The van der Waals surface area contributed by atoms with Crippen LogP contribution in [0.5, 0.6) is 0 Å². The zero-order valence-electron chi connectivity index (χ0n) is 15.3. The fourth-order valence-corrected chi connectivity index (χ4v) is 3.64. The van der Waals surface area contributed by atoms with Crippen LogP contribution < -0.4 is 11.2 Å². The van der Waals surface area contributed by atoms with Gasteiger partial charge in [-0.1, -0.05) is 12.1 Å². The van der Waals surface area contributed by atoms with Crippen molar-refractivity contribution in [2.24, 2.45) is 5.73 Å². The molecular weight excluding hydrogens is 375 g/mol. The van der Waals surface area contributed by atoms with Gasteiger partial charge < -0.3 is 20.0 Å². The van der Waals surface area contributed by atoms with Crippen molar-refractivity contribution in [3.63, 3.8) is 0 Å². The number of halogens is 1. The lowest BCUT2D eigenvalue weighted by Gasteiger charge is -2.12. The molecule has 0 saturated heterocycles. The zero-order valence-corrected chi connectivity index (χ0v) is 15.3. The molecule has 7 nitrogen and oxygen atoms in total. The van der Waals surface area contributed by atoms with Gasteiger partial charge in [0.2, 0.25) is 5.43 Å². The molecule has 5 rings (SSSR count). The number of aromatic carboxylic acids is 1. The Balaban J connectivity index is 1.76. The Bertz CT molecular complexity index is 1370. The topological polar surface area (TPSA) is 103 Å². The quantitative estimate of drug-likeness (QED) is 0.556. The fraction of sp³-hybridized carbons (Fsp3) is 0.190. The van der Waals surface area contributed by atoms with E-state index in [4.69, 9.17) is 5.73 Å². The van der Waals surface area contributed by atoms with Crippen molar-refractivity contribution >= 4 is 27.8 Å². The van der Waals surface area contributed by atoms with Crippen LogP contribution in [0.25, 0.3) is 27.6 Å². The van der Waals surface area contributed by atoms with Gasteiger partial charge in [-0.2, -0.15) is 0 Å². The highest BCUT2D eigenvalue weighted by Crippen LogP contribution is 2.37. The summed E-state index contributed by atoms with van der Waals surface area (Å²) in [5.41, 5.74) is 5.84. The number of hydrogen-bond acceptors (Lipinski definition) is 4. The van der Waals surface area contributed by atoms with Crippen LogP contribution >= 0.6 is 0 Å². The van der Waals surface area contributed by atoms with E-state index in [9.17, 15) is 19.1 Å². The third-order valence-electron chi connectivity index (χ3n) is 5.30. The summed E-state index contributed by atoms with van der Waals surface area (Å²) in [5.74, 6) is -1.97. The summed E-state index contributed by atoms with van der Waals surface area (Å²) >= 11 is 0. The van der Waals surface area contributed by atoms with E-state index in [1.165, 1.54) is 6.20 Å². The van der Waals surface area contributed by atoms with E-state index < -0.39 is 17.2 Å². The second-order valence-corrected chi connectivity index (χ2v) is 7.31. The minimum atomic E-state index is -1.33. The molecule has 0 unspecified atom stereocenters. The lowest BCUT2D eigenvalue weighted by molar-refractivity contribution is 0.0695. The minimum Gasteiger partial charge on any atom is -0.477 e. The Kier molecular flexibility index (Phi) is 3.78. The maximum Gasteiger partial charge on any atom is 0.341 e.